The number of carbonyl (C=O) groups excluding carboxylic acids is 1. The lowest BCUT2D eigenvalue weighted by atomic mass is 10.6. The molecule has 0 aliphatic carbocycles. The van der Waals surface area contributed by atoms with Crippen molar-refractivity contribution in [1.82, 2.24) is 0 Å². The van der Waals surface area contributed by atoms with Gasteiger partial charge < -0.3 is 14.2 Å². The van der Waals surface area contributed by atoms with E-state index in [9.17, 15) is 4.79 Å². The summed E-state index contributed by atoms with van der Waals surface area (Å²) in [6.45, 7) is 1.96. The third kappa shape index (κ3) is 2.33. The Morgan fingerprint density at radius 1 is 1.64 bits per heavy atom. The van der Waals surface area contributed by atoms with Crippen molar-refractivity contribution in [1.29, 1.82) is 0 Å². The molecule has 0 saturated carbocycles. The minimum atomic E-state index is -0.680. The Bertz CT molecular complexity index is 204. The van der Waals surface area contributed by atoms with E-state index in [0.29, 0.717) is 5.76 Å². The summed E-state index contributed by atoms with van der Waals surface area (Å²) < 4.78 is 13.8. The van der Waals surface area contributed by atoms with Crippen molar-refractivity contribution in [2.24, 2.45) is 0 Å². The largest absolute Gasteiger partial charge is 0.514 e. The third-order valence-corrected chi connectivity index (χ3v) is 0.961. The second-order valence-electron chi connectivity index (χ2n) is 1.83. The molecule has 0 atom stereocenters. The van der Waals surface area contributed by atoms with Crippen molar-refractivity contribution in [3.63, 3.8) is 0 Å². The molecule has 0 unspecified atom stereocenters. The van der Waals surface area contributed by atoms with Gasteiger partial charge in [0.2, 0.25) is 0 Å². The van der Waals surface area contributed by atoms with Gasteiger partial charge in [-0.15, -0.1) is 0 Å². The van der Waals surface area contributed by atoms with Gasteiger partial charge in [0.1, 0.15) is 6.26 Å². The van der Waals surface area contributed by atoms with Gasteiger partial charge in [-0.1, -0.05) is 6.08 Å². The van der Waals surface area contributed by atoms with Crippen LogP contribution in [-0.4, -0.2) is 12.8 Å². The van der Waals surface area contributed by atoms with E-state index in [2.05, 4.69) is 9.47 Å². The highest BCUT2D eigenvalue weighted by atomic mass is 16.8. The molecule has 0 amide bonds. The van der Waals surface area contributed by atoms with Crippen LogP contribution in [0.1, 0.15) is 6.92 Å². The molecular formula is C7H8O4. The van der Waals surface area contributed by atoms with Crippen molar-refractivity contribution >= 4 is 6.16 Å². The number of hydrogen-bond acceptors (Lipinski definition) is 4. The fraction of sp³-hybridized carbons (Fsp3) is 0.286. The summed E-state index contributed by atoms with van der Waals surface area (Å²) in [6, 6.07) is 0. The van der Waals surface area contributed by atoms with Gasteiger partial charge in [-0.25, -0.2) is 4.79 Å². The van der Waals surface area contributed by atoms with E-state index in [4.69, 9.17) is 4.74 Å². The van der Waals surface area contributed by atoms with E-state index in [0.717, 1.165) is 0 Å². The minimum absolute atomic E-state index is 0.149. The number of cyclic esters (lactones) is 2. The Morgan fingerprint density at radius 3 is 3.00 bits per heavy atom. The zero-order valence-electron chi connectivity index (χ0n) is 6.07. The standard InChI is InChI=1S/C7H8O4/c1-2-3-9-4-6-5-10-7(8)11-6/h2-4H,5H2,1H3/b3-2+,6-4+. The predicted octanol–water partition coefficient (Wildman–Crippen LogP) is 1.54. The molecule has 1 heterocycles. The Morgan fingerprint density at radius 2 is 2.45 bits per heavy atom. The van der Waals surface area contributed by atoms with Crippen molar-refractivity contribution < 1.29 is 19.0 Å². The summed E-state index contributed by atoms with van der Waals surface area (Å²) in [7, 11) is 0. The van der Waals surface area contributed by atoms with Crippen molar-refractivity contribution in [2.75, 3.05) is 6.61 Å². The van der Waals surface area contributed by atoms with E-state index in [-0.39, 0.29) is 6.61 Å². The van der Waals surface area contributed by atoms with Crippen molar-refractivity contribution in [2.45, 2.75) is 6.92 Å². The third-order valence-electron chi connectivity index (χ3n) is 0.961. The topological polar surface area (TPSA) is 44.8 Å². The molecule has 1 fully saturated rings. The van der Waals surface area contributed by atoms with Gasteiger partial charge in [-0.2, -0.15) is 0 Å². The van der Waals surface area contributed by atoms with Crippen LogP contribution in [0.15, 0.2) is 24.4 Å². The maximum absolute atomic E-state index is 10.3. The summed E-state index contributed by atoms with van der Waals surface area (Å²) in [4.78, 5) is 10.3. The number of rotatable bonds is 2. The first kappa shape index (κ1) is 7.65. The molecule has 1 aliphatic heterocycles. The zero-order valence-corrected chi connectivity index (χ0v) is 6.07. The molecule has 11 heavy (non-hydrogen) atoms. The molecule has 0 N–H and O–H groups in total. The fourth-order valence-electron chi connectivity index (χ4n) is 0.548. The van der Waals surface area contributed by atoms with Crippen LogP contribution in [0.5, 0.6) is 0 Å². The molecular weight excluding hydrogens is 148 g/mol. The van der Waals surface area contributed by atoms with Crippen LogP contribution >= 0.6 is 0 Å². The van der Waals surface area contributed by atoms with Gasteiger partial charge in [0.25, 0.3) is 0 Å². The van der Waals surface area contributed by atoms with Crippen LogP contribution in [0.4, 0.5) is 4.79 Å². The molecule has 1 aliphatic rings. The van der Waals surface area contributed by atoms with E-state index in [1.54, 1.807) is 6.08 Å². The predicted molar refractivity (Wildman–Crippen MR) is 36.4 cm³/mol. The molecule has 4 nitrogen and oxygen atoms in total. The monoisotopic (exact) mass is 156 g/mol. The SMILES string of the molecule is C/C=C/O/C=C1\COC(=O)O1. The maximum Gasteiger partial charge on any atom is 0.514 e. The maximum atomic E-state index is 10.3. The molecule has 0 aromatic rings. The van der Waals surface area contributed by atoms with Gasteiger partial charge in [0, 0.05) is 0 Å². The van der Waals surface area contributed by atoms with Crippen LogP contribution in [0, 0.1) is 0 Å². The van der Waals surface area contributed by atoms with Crippen LogP contribution in [0.2, 0.25) is 0 Å². The lowest BCUT2D eigenvalue weighted by Gasteiger charge is -1.90. The average molecular weight is 156 g/mol. The van der Waals surface area contributed by atoms with E-state index >= 15 is 0 Å². The Hall–Kier alpha value is -1.45. The van der Waals surface area contributed by atoms with Gasteiger partial charge in [-0.3, -0.25) is 0 Å². The second kappa shape index (κ2) is 3.65. The first-order valence-corrected chi connectivity index (χ1v) is 3.13. The van der Waals surface area contributed by atoms with Gasteiger partial charge in [0.15, 0.2) is 12.4 Å². The Labute approximate surface area is 64.0 Å². The molecule has 1 saturated heterocycles. The zero-order chi connectivity index (χ0) is 8.10. The van der Waals surface area contributed by atoms with Gasteiger partial charge in [0.05, 0.1) is 6.26 Å². The minimum Gasteiger partial charge on any atom is -0.469 e. The first-order valence-electron chi connectivity index (χ1n) is 3.13. The fourth-order valence-corrected chi connectivity index (χ4v) is 0.548. The molecule has 0 bridgehead atoms. The lowest BCUT2D eigenvalue weighted by Crippen LogP contribution is -1.88. The molecule has 0 aromatic carbocycles. The molecule has 0 spiro atoms. The van der Waals surface area contributed by atoms with Crippen LogP contribution in [0.3, 0.4) is 0 Å². The van der Waals surface area contributed by atoms with Gasteiger partial charge >= 0.3 is 6.16 Å². The summed E-state index contributed by atoms with van der Waals surface area (Å²) in [6.07, 6.45) is 3.83. The van der Waals surface area contributed by atoms with Gasteiger partial charge in [-0.05, 0) is 6.92 Å². The number of ether oxygens (including phenoxy) is 3. The van der Waals surface area contributed by atoms with E-state index in [1.165, 1.54) is 12.5 Å². The van der Waals surface area contributed by atoms with Crippen LogP contribution < -0.4 is 0 Å². The number of allylic oxidation sites excluding steroid dienone is 1. The Kier molecular flexibility index (Phi) is 2.54. The van der Waals surface area contributed by atoms with E-state index < -0.39 is 6.16 Å². The molecule has 1 rings (SSSR count). The smallest absolute Gasteiger partial charge is 0.469 e. The average Bonchev–Trinajstić information content (AvgIpc) is 2.37. The molecule has 4 heteroatoms. The second-order valence-corrected chi connectivity index (χ2v) is 1.83. The molecule has 0 radical (unpaired) electrons. The normalized spacial score (nSPS) is 20.5. The van der Waals surface area contributed by atoms with Crippen molar-refractivity contribution in [3.05, 3.63) is 24.4 Å². The van der Waals surface area contributed by atoms with Crippen molar-refractivity contribution in [3.8, 4) is 0 Å². The Balaban J connectivity index is 2.36. The number of carbonyl (C=O) groups is 1. The van der Waals surface area contributed by atoms with Crippen LogP contribution in [0.25, 0.3) is 0 Å². The molecule has 0 aromatic heterocycles. The molecule has 60 valence electrons. The summed E-state index contributed by atoms with van der Waals surface area (Å²) in [5.74, 6) is 0.383. The first-order chi connectivity index (χ1) is 5.33. The highest BCUT2D eigenvalue weighted by molar-refractivity contribution is 5.63. The lowest BCUT2D eigenvalue weighted by molar-refractivity contribution is 0.135. The highest BCUT2D eigenvalue weighted by Crippen LogP contribution is 2.09. The van der Waals surface area contributed by atoms with Crippen LogP contribution in [-0.2, 0) is 14.2 Å². The summed E-state index contributed by atoms with van der Waals surface area (Å²) in [5, 5.41) is 0. The number of hydrogen-bond donors (Lipinski definition) is 0. The quantitative estimate of drug-likeness (QED) is 0.449. The highest BCUT2D eigenvalue weighted by Gasteiger charge is 2.18. The van der Waals surface area contributed by atoms with E-state index in [1.807, 2.05) is 6.92 Å². The summed E-state index contributed by atoms with van der Waals surface area (Å²) >= 11 is 0. The summed E-state index contributed by atoms with van der Waals surface area (Å²) in [5.41, 5.74) is 0.